The fourth-order valence-corrected chi connectivity index (χ4v) is 4.24. The van der Waals surface area contributed by atoms with Gasteiger partial charge in [-0.05, 0) is 44.0 Å². The second kappa shape index (κ2) is 14.2. The van der Waals surface area contributed by atoms with Gasteiger partial charge >= 0.3 is 0 Å². The number of nitrogens with one attached hydrogen (secondary N) is 1. The first-order chi connectivity index (χ1) is 15.2. The van der Waals surface area contributed by atoms with Gasteiger partial charge in [0.25, 0.3) is 0 Å². The molecule has 32 heavy (non-hydrogen) atoms. The molecule has 0 aliphatic carbocycles. The minimum Gasteiger partial charge on any atom is -0.507 e. The largest absolute Gasteiger partial charge is 0.507 e. The Kier molecular flexibility index (Phi) is 11.6. The van der Waals surface area contributed by atoms with Crippen LogP contribution in [0, 0.1) is 0 Å². The van der Waals surface area contributed by atoms with E-state index in [-0.39, 0.29) is 24.1 Å². The predicted octanol–water partition coefficient (Wildman–Crippen LogP) is 5.84. The van der Waals surface area contributed by atoms with Crippen molar-refractivity contribution in [1.29, 1.82) is 0 Å². The average Bonchev–Trinajstić information content (AvgIpc) is 2.78. The molecule has 0 amide bonds. The monoisotopic (exact) mass is 462 g/mol. The van der Waals surface area contributed by atoms with Crippen molar-refractivity contribution < 1.29 is 9.84 Å². The Morgan fingerprint density at radius 2 is 1.84 bits per heavy atom. The molecule has 2 heterocycles. The van der Waals surface area contributed by atoms with Gasteiger partial charge in [0.1, 0.15) is 11.5 Å². The number of aromatic hydroxyl groups is 1. The number of anilines is 1. The zero-order chi connectivity index (χ0) is 21.9. The Morgan fingerprint density at radius 1 is 1.09 bits per heavy atom. The summed E-state index contributed by atoms with van der Waals surface area (Å²) in [5.74, 6) is 1.34. The molecule has 0 bridgehead atoms. The first kappa shape index (κ1) is 26.2. The standard InChI is InChI=1S/C25H38N4O2.ClH/c1-2-3-4-5-6-7-8-9-16-31-23-14-10-13-22(30)24(23)21-17-20(28-25(26)29-21)19-12-11-15-27-18-19;/h10,13-14,17,19,27,30H,2-9,11-12,15-16,18H2,1H3,(H2,26,28,29);1H. The highest BCUT2D eigenvalue weighted by atomic mass is 35.5. The third-order valence-electron chi connectivity index (χ3n) is 5.99. The van der Waals surface area contributed by atoms with Crippen LogP contribution in [0.25, 0.3) is 11.3 Å². The molecule has 1 unspecified atom stereocenters. The Balaban J connectivity index is 0.00000363. The van der Waals surface area contributed by atoms with Gasteiger partial charge in [-0.3, -0.25) is 0 Å². The number of piperidine rings is 1. The van der Waals surface area contributed by atoms with Crippen molar-refractivity contribution >= 4 is 18.4 Å². The molecule has 1 aliphatic rings. The van der Waals surface area contributed by atoms with Crippen LogP contribution in [0.4, 0.5) is 5.95 Å². The average molecular weight is 463 g/mol. The highest BCUT2D eigenvalue weighted by Gasteiger charge is 2.20. The van der Waals surface area contributed by atoms with Crippen LogP contribution in [0.3, 0.4) is 0 Å². The molecule has 1 aliphatic heterocycles. The van der Waals surface area contributed by atoms with Crippen LogP contribution < -0.4 is 15.8 Å². The Morgan fingerprint density at radius 3 is 2.56 bits per heavy atom. The lowest BCUT2D eigenvalue weighted by atomic mass is 9.94. The van der Waals surface area contributed by atoms with Crippen molar-refractivity contribution in [3.05, 3.63) is 30.0 Å². The molecule has 6 nitrogen and oxygen atoms in total. The zero-order valence-corrected chi connectivity index (χ0v) is 20.1. The van der Waals surface area contributed by atoms with E-state index >= 15 is 0 Å². The summed E-state index contributed by atoms with van der Waals surface area (Å²) in [6.45, 7) is 4.81. The maximum Gasteiger partial charge on any atom is 0.220 e. The summed E-state index contributed by atoms with van der Waals surface area (Å²) < 4.78 is 6.07. The third kappa shape index (κ3) is 7.82. The van der Waals surface area contributed by atoms with E-state index in [1.807, 2.05) is 12.1 Å². The summed E-state index contributed by atoms with van der Waals surface area (Å²) in [6, 6.07) is 7.31. The number of nitrogen functional groups attached to an aromatic ring is 1. The molecule has 1 saturated heterocycles. The minimum absolute atomic E-state index is 0. The first-order valence-electron chi connectivity index (χ1n) is 12.0. The molecule has 4 N–H and O–H groups in total. The number of hydrogen-bond acceptors (Lipinski definition) is 6. The number of hydrogen-bond donors (Lipinski definition) is 3. The molecule has 3 rings (SSSR count). The summed E-state index contributed by atoms with van der Waals surface area (Å²) in [4.78, 5) is 8.89. The summed E-state index contributed by atoms with van der Waals surface area (Å²) in [7, 11) is 0. The number of aromatic nitrogens is 2. The minimum atomic E-state index is 0. The number of ether oxygens (including phenoxy) is 1. The number of unbranched alkanes of at least 4 members (excludes halogenated alkanes) is 7. The van der Waals surface area contributed by atoms with Gasteiger partial charge in [0.2, 0.25) is 5.95 Å². The van der Waals surface area contributed by atoms with Crippen molar-refractivity contribution in [2.24, 2.45) is 0 Å². The Hall–Kier alpha value is -2.05. The van der Waals surface area contributed by atoms with Gasteiger partial charge in [-0.1, -0.05) is 57.9 Å². The van der Waals surface area contributed by atoms with Gasteiger partial charge < -0.3 is 20.9 Å². The molecular formula is C25H39ClN4O2. The molecule has 1 atom stereocenters. The van der Waals surface area contributed by atoms with Gasteiger partial charge in [-0.25, -0.2) is 9.97 Å². The lowest BCUT2D eigenvalue weighted by molar-refractivity contribution is 0.304. The van der Waals surface area contributed by atoms with Crippen LogP contribution >= 0.6 is 12.4 Å². The maximum atomic E-state index is 10.6. The number of phenolic OH excluding ortho intramolecular Hbond substituents is 1. The summed E-state index contributed by atoms with van der Waals surface area (Å²) in [5.41, 5.74) is 8.18. The highest BCUT2D eigenvalue weighted by Crippen LogP contribution is 2.38. The second-order valence-electron chi connectivity index (χ2n) is 8.55. The van der Waals surface area contributed by atoms with Crippen molar-refractivity contribution in [3.63, 3.8) is 0 Å². The van der Waals surface area contributed by atoms with Crippen LogP contribution in [0.15, 0.2) is 24.3 Å². The van der Waals surface area contributed by atoms with E-state index in [1.165, 1.54) is 44.9 Å². The molecule has 178 valence electrons. The van der Waals surface area contributed by atoms with Crippen LogP contribution in [-0.4, -0.2) is 34.8 Å². The molecule has 1 fully saturated rings. The zero-order valence-electron chi connectivity index (χ0n) is 19.3. The van der Waals surface area contributed by atoms with E-state index in [1.54, 1.807) is 12.1 Å². The molecule has 0 saturated carbocycles. The predicted molar refractivity (Wildman–Crippen MR) is 134 cm³/mol. The maximum absolute atomic E-state index is 10.6. The van der Waals surface area contributed by atoms with Crippen molar-refractivity contribution in [2.75, 3.05) is 25.4 Å². The summed E-state index contributed by atoms with van der Waals surface area (Å²) in [5, 5.41) is 14.0. The van der Waals surface area contributed by atoms with Crippen LogP contribution in [0.2, 0.25) is 0 Å². The first-order valence-corrected chi connectivity index (χ1v) is 12.0. The van der Waals surface area contributed by atoms with E-state index in [2.05, 4.69) is 22.2 Å². The number of phenols is 1. The fourth-order valence-electron chi connectivity index (χ4n) is 4.24. The molecule has 7 heteroatoms. The topological polar surface area (TPSA) is 93.3 Å². The van der Waals surface area contributed by atoms with E-state index in [0.29, 0.717) is 29.5 Å². The number of benzene rings is 1. The van der Waals surface area contributed by atoms with Crippen molar-refractivity contribution in [2.45, 2.75) is 77.0 Å². The summed E-state index contributed by atoms with van der Waals surface area (Å²) >= 11 is 0. The molecular weight excluding hydrogens is 424 g/mol. The van der Waals surface area contributed by atoms with Gasteiger partial charge in [-0.15, -0.1) is 12.4 Å². The molecule has 2 aromatic rings. The SMILES string of the molecule is CCCCCCCCCCOc1cccc(O)c1-c1cc(C2CCCNC2)nc(N)n1.Cl. The fraction of sp³-hybridized carbons (Fsp3) is 0.600. The number of nitrogens with two attached hydrogens (primary N) is 1. The lowest BCUT2D eigenvalue weighted by Gasteiger charge is -2.23. The van der Waals surface area contributed by atoms with E-state index in [0.717, 1.165) is 38.0 Å². The highest BCUT2D eigenvalue weighted by molar-refractivity contribution is 5.85. The van der Waals surface area contributed by atoms with Crippen LogP contribution in [0.5, 0.6) is 11.5 Å². The van der Waals surface area contributed by atoms with E-state index < -0.39 is 0 Å². The molecule has 0 spiro atoms. The number of halogens is 1. The number of rotatable bonds is 12. The van der Waals surface area contributed by atoms with Gasteiger partial charge in [0.05, 0.1) is 23.6 Å². The van der Waals surface area contributed by atoms with Crippen LogP contribution in [0.1, 0.15) is 82.7 Å². The second-order valence-corrected chi connectivity index (χ2v) is 8.55. The van der Waals surface area contributed by atoms with Crippen LogP contribution in [-0.2, 0) is 0 Å². The Bertz CT molecular complexity index is 813. The van der Waals surface area contributed by atoms with Crippen molar-refractivity contribution in [1.82, 2.24) is 15.3 Å². The quantitative estimate of drug-likeness (QED) is 0.343. The molecule has 1 aromatic heterocycles. The lowest BCUT2D eigenvalue weighted by Crippen LogP contribution is -2.29. The molecule has 1 aromatic carbocycles. The van der Waals surface area contributed by atoms with Gasteiger partial charge in [0.15, 0.2) is 0 Å². The van der Waals surface area contributed by atoms with Crippen molar-refractivity contribution in [3.8, 4) is 22.8 Å². The smallest absolute Gasteiger partial charge is 0.220 e. The number of nitrogens with zero attached hydrogens (tertiary/aromatic N) is 2. The van der Waals surface area contributed by atoms with Gasteiger partial charge in [-0.2, -0.15) is 0 Å². The van der Waals surface area contributed by atoms with E-state index in [4.69, 9.17) is 10.5 Å². The Labute approximate surface area is 198 Å². The molecule has 0 radical (unpaired) electrons. The third-order valence-corrected chi connectivity index (χ3v) is 5.99. The van der Waals surface area contributed by atoms with E-state index in [9.17, 15) is 5.11 Å². The normalized spacial score (nSPS) is 15.8. The van der Waals surface area contributed by atoms with Gasteiger partial charge in [0, 0.05) is 12.5 Å². The summed E-state index contributed by atoms with van der Waals surface area (Å²) in [6.07, 6.45) is 12.2.